The van der Waals surface area contributed by atoms with Crippen LogP contribution in [-0.2, 0) is 9.47 Å². The van der Waals surface area contributed by atoms with Crippen LogP contribution in [0.3, 0.4) is 0 Å². The normalized spacial score (nSPS) is 44.4. The average Bonchev–Trinajstić information content (AvgIpc) is 2.51. The van der Waals surface area contributed by atoms with Crippen molar-refractivity contribution in [3.05, 3.63) is 0 Å². The van der Waals surface area contributed by atoms with E-state index >= 15 is 0 Å². The molecular formula is C11H16N2O2. The van der Waals surface area contributed by atoms with Crippen molar-refractivity contribution in [1.82, 2.24) is 0 Å². The number of ether oxygens (including phenoxy) is 2. The van der Waals surface area contributed by atoms with Gasteiger partial charge in [0.2, 0.25) is 0 Å². The molecule has 0 aliphatic carbocycles. The molecule has 0 spiro atoms. The van der Waals surface area contributed by atoms with Gasteiger partial charge in [-0.25, -0.2) is 4.99 Å². The number of hydrogen-bond acceptors (Lipinski definition) is 4. The molecule has 0 saturated carbocycles. The van der Waals surface area contributed by atoms with Crippen molar-refractivity contribution in [1.29, 1.82) is 5.26 Å². The smallest absolute Gasteiger partial charge is 0.288 e. The molecule has 0 aromatic heterocycles. The lowest BCUT2D eigenvalue weighted by molar-refractivity contribution is -0.241. The number of nitriles is 1. The molecule has 0 bridgehead atoms. The summed E-state index contributed by atoms with van der Waals surface area (Å²) in [4.78, 5) is 4.44. The minimum Gasteiger partial charge on any atom is -0.334 e. The lowest BCUT2D eigenvalue weighted by Crippen LogP contribution is -2.47. The fraction of sp³-hybridized carbons (Fsp3) is 0.818. The highest BCUT2D eigenvalue weighted by molar-refractivity contribution is 5.83. The van der Waals surface area contributed by atoms with Crippen LogP contribution in [0.25, 0.3) is 0 Å². The molecule has 0 amide bonds. The molecule has 0 aromatic carbocycles. The Hall–Kier alpha value is -0.920. The van der Waals surface area contributed by atoms with Gasteiger partial charge in [-0.15, -0.1) is 0 Å². The number of hydrogen-bond donors (Lipinski definition) is 0. The van der Waals surface area contributed by atoms with E-state index in [0.717, 1.165) is 18.6 Å². The molecule has 0 radical (unpaired) electrons. The van der Waals surface area contributed by atoms with Crippen molar-refractivity contribution >= 4 is 5.71 Å². The van der Waals surface area contributed by atoms with E-state index in [4.69, 9.17) is 9.47 Å². The number of fused-ring (bicyclic) bond motifs is 1. The third-order valence-corrected chi connectivity index (χ3v) is 3.34. The van der Waals surface area contributed by atoms with Crippen LogP contribution < -0.4 is 0 Å². The molecule has 2 heterocycles. The van der Waals surface area contributed by atoms with E-state index in [-0.39, 0.29) is 6.10 Å². The summed E-state index contributed by atoms with van der Waals surface area (Å²) < 4.78 is 11.1. The first-order valence-electron chi connectivity index (χ1n) is 5.27. The van der Waals surface area contributed by atoms with Crippen molar-refractivity contribution in [2.24, 2.45) is 10.4 Å². The summed E-state index contributed by atoms with van der Waals surface area (Å²) in [6.07, 6.45) is 2.36. The molecule has 82 valence electrons. The maximum absolute atomic E-state index is 9.37. The maximum atomic E-state index is 9.37. The minimum atomic E-state index is -1.05. The van der Waals surface area contributed by atoms with Gasteiger partial charge in [0.05, 0.1) is 12.2 Å². The highest BCUT2D eigenvalue weighted by Gasteiger charge is 2.62. The second kappa shape index (κ2) is 3.29. The van der Waals surface area contributed by atoms with Gasteiger partial charge in [-0.3, -0.25) is 0 Å². The summed E-state index contributed by atoms with van der Waals surface area (Å²) in [5.74, 6) is -1.05. The van der Waals surface area contributed by atoms with Gasteiger partial charge in [0.15, 0.2) is 0 Å². The topological polar surface area (TPSA) is 54.6 Å². The first-order valence-corrected chi connectivity index (χ1v) is 5.27. The molecular weight excluding hydrogens is 192 g/mol. The summed E-state index contributed by atoms with van der Waals surface area (Å²) in [6, 6.07) is 2.37. The zero-order valence-corrected chi connectivity index (χ0v) is 9.41. The Balaban J connectivity index is 2.49. The summed E-state index contributed by atoms with van der Waals surface area (Å²) in [6.45, 7) is 3.91. The van der Waals surface area contributed by atoms with Gasteiger partial charge in [0, 0.05) is 12.8 Å². The molecule has 2 aliphatic heterocycles. The summed E-state index contributed by atoms with van der Waals surface area (Å²) in [5, 5.41) is 9.37. The van der Waals surface area contributed by atoms with E-state index in [1.54, 1.807) is 7.11 Å². The highest BCUT2D eigenvalue weighted by atomic mass is 16.7. The number of aliphatic imine (C=N–C) groups is 1. The van der Waals surface area contributed by atoms with Crippen molar-refractivity contribution in [2.75, 3.05) is 7.11 Å². The Morgan fingerprint density at radius 2 is 2.40 bits per heavy atom. The molecule has 2 rings (SSSR count). The summed E-state index contributed by atoms with van der Waals surface area (Å²) in [5.41, 5.74) is 0.401. The van der Waals surface area contributed by atoms with Crippen LogP contribution in [-0.4, -0.2) is 24.8 Å². The van der Waals surface area contributed by atoms with E-state index in [0.29, 0.717) is 6.42 Å². The Bertz CT molecular complexity index is 347. The van der Waals surface area contributed by atoms with Gasteiger partial charge in [0.25, 0.3) is 5.91 Å². The van der Waals surface area contributed by atoms with Crippen LogP contribution in [0, 0.1) is 16.7 Å². The molecule has 2 aliphatic rings. The molecule has 4 nitrogen and oxygen atoms in total. The average molecular weight is 208 g/mol. The molecule has 1 saturated heterocycles. The van der Waals surface area contributed by atoms with Crippen LogP contribution in [0.2, 0.25) is 0 Å². The lowest BCUT2D eigenvalue weighted by Gasteiger charge is -2.38. The predicted molar refractivity (Wildman–Crippen MR) is 55.3 cm³/mol. The van der Waals surface area contributed by atoms with Gasteiger partial charge in [0.1, 0.15) is 5.41 Å². The van der Waals surface area contributed by atoms with Gasteiger partial charge >= 0.3 is 0 Å². The van der Waals surface area contributed by atoms with Crippen molar-refractivity contribution in [3.8, 4) is 6.07 Å². The number of methoxy groups -OCH3 is 1. The van der Waals surface area contributed by atoms with Gasteiger partial charge in [-0.05, 0) is 33.1 Å². The van der Waals surface area contributed by atoms with E-state index in [1.807, 2.05) is 13.8 Å². The van der Waals surface area contributed by atoms with E-state index < -0.39 is 11.3 Å². The lowest BCUT2D eigenvalue weighted by atomic mass is 9.76. The van der Waals surface area contributed by atoms with Crippen LogP contribution >= 0.6 is 0 Å². The number of nitrogens with zero attached hydrogens (tertiary/aromatic N) is 2. The molecule has 0 N–H and O–H groups in total. The van der Waals surface area contributed by atoms with Crippen molar-refractivity contribution in [2.45, 2.75) is 45.1 Å². The fourth-order valence-electron chi connectivity index (χ4n) is 2.60. The van der Waals surface area contributed by atoms with Gasteiger partial charge in [-0.2, -0.15) is 5.26 Å². The van der Waals surface area contributed by atoms with Crippen molar-refractivity contribution < 1.29 is 9.47 Å². The van der Waals surface area contributed by atoms with Gasteiger partial charge < -0.3 is 9.47 Å². The maximum Gasteiger partial charge on any atom is 0.288 e. The third kappa shape index (κ3) is 1.30. The molecule has 15 heavy (non-hydrogen) atoms. The monoisotopic (exact) mass is 208 g/mol. The Labute approximate surface area is 89.9 Å². The van der Waals surface area contributed by atoms with E-state index in [1.165, 1.54) is 0 Å². The molecule has 4 heteroatoms. The standard InChI is InChI=1S/C11H16N2O2/c1-8-4-5-10(7-12)6-9(2)15-11(10,13-8)14-3/h9H,4-6H2,1-3H3. The minimum absolute atomic E-state index is 0.0271. The first kappa shape index (κ1) is 10.6. The zero-order valence-electron chi connectivity index (χ0n) is 9.41. The second-order valence-electron chi connectivity index (χ2n) is 4.46. The van der Waals surface area contributed by atoms with Gasteiger partial charge in [-0.1, -0.05) is 0 Å². The Morgan fingerprint density at radius 1 is 1.67 bits per heavy atom. The first-order chi connectivity index (χ1) is 7.07. The zero-order chi connectivity index (χ0) is 11.1. The quantitative estimate of drug-likeness (QED) is 0.661. The number of rotatable bonds is 1. The van der Waals surface area contributed by atoms with Crippen LogP contribution in [0.4, 0.5) is 0 Å². The molecule has 1 fully saturated rings. The van der Waals surface area contributed by atoms with Crippen LogP contribution in [0.15, 0.2) is 4.99 Å². The largest absolute Gasteiger partial charge is 0.334 e. The van der Waals surface area contributed by atoms with Crippen molar-refractivity contribution in [3.63, 3.8) is 0 Å². The Morgan fingerprint density at radius 3 is 3.00 bits per heavy atom. The third-order valence-electron chi connectivity index (χ3n) is 3.34. The molecule has 3 unspecified atom stereocenters. The van der Waals surface area contributed by atoms with E-state index in [9.17, 15) is 5.26 Å². The summed E-state index contributed by atoms with van der Waals surface area (Å²) in [7, 11) is 1.56. The highest BCUT2D eigenvalue weighted by Crippen LogP contribution is 2.52. The second-order valence-corrected chi connectivity index (χ2v) is 4.46. The van der Waals surface area contributed by atoms with Crippen LogP contribution in [0.5, 0.6) is 0 Å². The predicted octanol–water partition coefficient (Wildman–Crippen LogP) is 1.86. The fourth-order valence-corrected chi connectivity index (χ4v) is 2.60. The Kier molecular flexibility index (Phi) is 2.32. The van der Waals surface area contributed by atoms with Crippen LogP contribution in [0.1, 0.15) is 33.1 Å². The molecule has 0 aromatic rings. The summed E-state index contributed by atoms with van der Waals surface area (Å²) >= 11 is 0. The van der Waals surface area contributed by atoms with E-state index in [2.05, 4.69) is 11.1 Å². The SMILES string of the molecule is COC12N=C(C)CCC1(C#N)CC(C)O2. The molecule has 3 atom stereocenters.